The van der Waals surface area contributed by atoms with Gasteiger partial charge in [0.1, 0.15) is 0 Å². The lowest BCUT2D eigenvalue weighted by Gasteiger charge is -2.34. The highest BCUT2D eigenvalue weighted by atomic mass is 35.5. The molecule has 0 aliphatic heterocycles. The normalized spacial score (nSPS) is 28.0. The Morgan fingerprint density at radius 2 is 2.00 bits per heavy atom. The van der Waals surface area contributed by atoms with Crippen LogP contribution in [0.1, 0.15) is 44.1 Å². The Hall–Kier alpha value is -1.02. The molecule has 98 valence electrons. The fraction of sp³-hybridized carbons (Fsp3) is 0.533. The molecule has 2 nitrogen and oxygen atoms in total. The molecule has 3 unspecified atom stereocenters. The van der Waals surface area contributed by atoms with Gasteiger partial charge in [-0.25, -0.2) is 0 Å². The molecule has 1 N–H and O–H groups in total. The van der Waals surface area contributed by atoms with Crippen LogP contribution in [0.15, 0.2) is 24.3 Å². The summed E-state index contributed by atoms with van der Waals surface area (Å²) in [5.41, 5.74) is 1.12. The Kier molecular flexibility index (Phi) is 4.28. The van der Waals surface area contributed by atoms with E-state index in [-0.39, 0.29) is 11.8 Å². The Labute approximate surface area is 113 Å². The first-order valence-electron chi connectivity index (χ1n) is 6.60. The number of rotatable bonds is 3. The molecule has 3 heteroatoms. The maximum Gasteiger partial charge on any atom is 0.307 e. The summed E-state index contributed by atoms with van der Waals surface area (Å²) in [7, 11) is 0. The van der Waals surface area contributed by atoms with E-state index in [1.165, 1.54) is 0 Å². The number of carboxylic acid groups (broad SMARTS) is 1. The predicted molar refractivity (Wildman–Crippen MR) is 73.0 cm³/mol. The monoisotopic (exact) mass is 266 g/mol. The number of hydrogen-bond donors (Lipinski definition) is 1. The third kappa shape index (κ3) is 2.86. The lowest BCUT2D eigenvalue weighted by atomic mass is 9.70. The minimum absolute atomic E-state index is 0.137. The van der Waals surface area contributed by atoms with Crippen molar-refractivity contribution >= 4 is 17.6 Å². The van der Waals surface area contributed by atoms with Gasteiger partial charge in [-0.15, -0.1) is 0 Å². The standard InChI is InChI=1S/C15H19ClO2/c1-2-10-3-8-13(15(17)18)14(9-10)11-4-6-12(16)7-5-11/h4-7,10,13-14H,2-3,8-9H2,1H3,(H,17,18). The minimum Gasteiger partial charge on any atom is -0.481 e. The SMILES string of the molecule is CCC1CCC(C(=O)O)C(c2ccc(Cl)cc2)C1. The third-order valence-corrected chi connectivity index (χ3v) is 4.40. The molecule has 0 radical (unpaired) electrons. The lowest BCUT2D eigenvalue weighted by Crippen LogP contribution is -2.29. The van der Waals surface area contributed by atoms with Crippen LogP contribution in [-0.4, -0.2) is 11.1 Å². The van der Waals surface area contributed by atoms with Gasteiger partial charge in [-0.3, -0.25) is 4.79 Å². The molecule has 18 heavy (non-hydrogen) atoms. The molecular formula is C15H19ClO2. The molecule has 0 saturated heterocycles. The van der Waals surface area contributed by atoms with Crippen molar-refractivity contribution in [3.63, 3.8) is 0 Å². The summed E-state index contributed by atoms with van der Waals surface area (Å²) in [4.78, 5) is 11.4. The molecule has 0 heterocycles. The molecule has 0 bridgehead atoms. The maximum atomic E-state index is 11.4. The van der Waals surface area contributed by atoms with E-state index >= 15 is 0 Å². The van der Waals surface area contributed by atoms with E-state index in [0.29, 0.717) is 10.9 Å². The molecule has 1 fully saturated rings. The smallest absolute Gasteiger partial charge is 0.307 e. The van der Waals surface area contributed by atoms with Crippen molar-refractivity contribution in [2.45, 2.75) is 38.5 Å². The van der Waals surface area contributed by atoms with Crippen LogP contribution in [0.5, 0.6) is 0 Å². The fourth-order valence-corrected chi connectivity index (χ4v) is 3.13. The topological polar surface area (TPSA) is 37.3 Å². The maximum absolute atomic E-state index is 11.4. The van der Waals surface area contributed by atoms with E-state index in [1.807, 2.05) is 24.3 Å². The van der Waals surface area contributed by atoms with Gasteiger partial charge in [0.15, 0.2) is 0 Å². The van der Waals surface area contributed by atoms with Crippen LogP contribution in [0.3, 0.4) is 0 Å². The summed E-state index contributed by atoms with van der Waals surface area (Å²) in [5.74, 6) is -0.113. The zero-order chi connectivity index (χ0) is 13.1. The summed E-state index contributed by atoms with van der Waals surface area (Å²) >= 11 is 5.89. The highest BCUT2D eigenvalue weighted by Gasteiger charge is 2.35. The summed E-state index contributed by atoms with van der Waals surface area (Å²) < 4.78 is 0. The molecule has 0 spiro atoms. The number of carboxylic acids is 1. The molecule has 1 saturated carbocycles. The minimum atomic E-state index is -0.662. The first kappa shape index (κ1) is 13.4. The number of carbonyl (C=O) groups is 1. The first-order valence-corrected chi connectivity index (χ1v) is 6.98. The molecule has 1 aromatic carbocycles. The van der Waals surface area contributed by atoms with E-state index in [0.717, 1.165) is 31.2 Å². The largest absolute Gasteiger partial charge is 0.481 e. The first-order chi connectivity index (χ1) is 8.61. The van der Waals surface area contributed by atoms with Crippen molar-refractivity contribution in [1.82, 2.24) is 0 Å². The van der Waals surface area contributed by atoms with Gasteiger partial charge in [-0.05, 0) is 48.8 Å². The zero-order valence-electron chi connectivity index (χ0n) is 10.6. The summed E-state index contributed by atoms with van der Waals surface area (Å²) in [6, 6.07) is 7.65. The molecule has 1 aromatic rings. The average molecular weight is 267 g/mol. The van der Waals surface area contributed by atoms with Crippen molar-refractivity contribution in [3.8, 4) is 0 Å². The molecule has 1 aliphatic rings. The van der Waals surface area contributed by atoms with Crippen LogP contribution in [-0.2, 0) is 4.79 Å². The van der Waals surface area contributed by atoms with Crippen molar-refractivity contribution in [1.29, 1.82) is 0 Å². The van der Waals surface area contributed by atoms with E-state index in [1.54, 1.807) is 0 Å². The van der Waals surface area contributed by atoms with Gasteiger partial charge >= 0.3 is 5.97 Å². The van der Waals surface area contributed by atoms with Gasteiger partial charge < -0.3 is 5.11 Å². The second kappa shape index (κ2) is 5.75. The lowest BCUT2D eigenvalue weighted by molar-refractivity contribution is -0.143. The van der Waals surface area contributed by atoms with Crippen molar-refractivity contribution in [2.24, 2.45) is 11.8 Å². The van der Waals surface area contributed by atoms with Gasteiger partial charge in [-0.1, -0.05) is 37.1 Å². The van der Waals surface area contributed by atoms with Crippen molar-refractivity contribution in [2.75, 3.05) is 0 Å². The van der Waals surface area contributed by atoms with Gasteiger partial charge in [-0.2, -0.15) is 0 Å². The molecule has 0 aromatic heterocycles. The van der Waals surface area contributed by atoms with Gasteiger partial charge in [0, 0.05) is 5.02 Å². The number of benzene rings is 1. The van der Waals surface area contributed by atoms with E-state index in [9.17, 15) is 9.90 Å². The highest BCUT2D eigenvalue weighted by Crippen LogP contribution is 2.42. The van der Waals surface area contributed by atoms with Gasteiger partial charge in [0.2, 0.25) is 0 Å². The Morgan fingerprint density at radius 3 is 2.56 bits per heavy atom. The molecular weight excluding hydrogens is 248 g/mol. The second-order valence-corrected chi connectivity index (χ2v) is 5.63. The highest BCUT2D eigenvalue weighted by molar-refractivity contribution is 6.30. The molecule has 0 amide bonds. The van der Waals surface area contributed by atoms with Crippen LogP contribution < -0.4 is 0 Å². The fourth-order valence-electron chi connectivity index (χ4n) is 3.00. The summed E-state index contributed by atoms with van der Waals surface area (Å²) in [6.07, 6.45) is 3.95. The second-order valence-electron chi connectivity index (χ2n) is 5.19. The number of hydrogen-bond acceptors (Lipinski definition) is 1. The molecule has 2 rings (SSSR count). The van der Waals surface area contributed by atoms with E-state index < -0.39 is 5.97 Å². The zero-order valence-corrected chi connectivity index (χ0v) is 11.4. The quantitative estimate of drug-likeness (QED) is 0.884. The summed E-state index contributed by atoms with van der Waals surface area (Å²) in [6.45, 7) is 2.19. The molecule has 1 aliphatic carbocycles. The number of aliphatic carboxylic acids is 1. The average Bonchev–Trinajstić information content (AvgIpc) is 2.38. The van der Waals surface area contributed by atoms with E-state index in [2.05, 4.69) is 6.92 Å². The Morgan fingerprint density at radius 1 is 1.33 bits per heavy atom. The van der Waals surface area contributed by atoms with Crippen LogP contribution >= 0.6 is 11.6 Å². The van der Waals surface area contributed by atoms with Crippen LogP contribution in [0.25, 0.3) is 0 Å². The van der Waals surface area contributed by atoms with E-state index in [4.69, 9.17) is 11.6 Å². The number of halogens is 1. The van der Waals surface area contributed by atoms with Crippen LogP contribution in [0.2, 0.25) is 5.02 Å². The van der Waals surface area contributed by atoms with Crippen LogP contribution in [0, 0.1) is 11.8 Å². The van der Waals surface area contributed by atoms with Gasteiger partial charge in [0.05, 0.1) is 5.92 Å². The Balaban J connectivity index is 2.24. The van der Waals surface area contributed by atoms with Crippen molar-refractivity contribution in [3.05, 3.63) is 34.9 Å². The van der Waals surface area contributed by atoms with Gasteiger partial charge in [0.25, 0.3) is 0 Å². The summed E-state index contributed by atoms with van der Waals surface area (Å²) in [5, 5.41) is 10.1. The Bertz CT molecular complexity index is 413. The predicted octanol–water partition coefficient (Wildman–Crippen LogP) is 4.33. The molecule has 3 atom stereocenters. The van der Waals surface area contributed by atoms with Crippen molar-refractivity contribution < 1.29 is 9.90 Å². The van der Waals surface area contributed by atoms with Crippen LogP contribution in [0.4, 0.5) is 0 Å². The third-order valence-electron chi connectivity index (χ3n) is 4.15.